The summed E-state index contributed by atoms with van der Waals surface area (Å²) in [6.45, 7) is 4.15. The van der Waals surface area contributed by atoms with Gasteiger partial charge in [-0.25, -0.2) is 0 Å². The lowest BCUT2D eigenvalue weighted by molar-refractivity contribution is 0.942. The standard InChI is InChI=1S/C11H11Cl2N3S/c1-2-5-14-11(17)16-15-7-8-3-4-9(12)6-10(8)13/h2-4,6-7H,1,5H2,(H2,14,16,17)/b15-7+. The van der Waals surface area contributed by atoms with E-state index in [-0.39, 0.29) is 0 Å². The Labute approximate surface area is 115 Å². The number of hydrazone groups is 1. The van der Waals surface area contributed by atoms with Crippen molar-refractivity contribution in [2.24, 2.45) is 5.10 Å². The predicted octanol–water partition coefficient (Wildman–Crippen LogP) is 2.98. The Morgan fingerprint density at radius 1 is 1.47 bits per heavy atom. The molecule has 0 saturated carbocycles. The lowest BCUT2D eigenvalue weighted by Crippen LogP contribution is -2.31. The van der Waals surface area contributed by atoms with E-state index in [9.17, 15) is 0 Å². The lowest BCUT2D eigenvalue weighted by atomic mass is 10.2. The number of nitrogens with zero attached hydrogens (tertiary/aromatic N) is 1. The quantitative estimate of drug-likeness (QED) is 0.387. The molecule has 0 aliphatic rings. The maximum absolute atomic E-state index is 5.96. The maximum atomic E-state index is 5.96. The fraction of sp³-hybridized carbons (Fsp3) is 0.0909. The van der Waals surface area contributed by atoms with E-state index >= 15 is 0 Å². The van der Waals surface area contributed by atoms with E-state index in [2.05, 4.69) is 22.4 Å². The number of rotatable bonds is 4. The molecule has 0 saturated heterocycles. The molecule has 0 amide bonds. The van der Waals surface area contributed by atoms with Crippen LogP contribution in [0.1, 0.15) is 5.56 Å². The van der Waals surface area contributed by atoms with Gasteiger partial charge in [0.2, 0.25) is 0 Å². The number of hydrogen-bond donors (Lipinski definition) is 2. The molecule has 3 nitrogen and oxygen atoms in total. The van der Waals surface area contributed by atoms with E-state index in [0.29, 0.717) is 21.7 Å². The zero-order valence-electron chi connectivity index (χ0n) is 8.91. The van der Waals surface area contributed by atoms with E-state index in [0.717, 1.165) is 5.56 Å². The van der Waals surface area contributed by atoms with Crippen LogP contribution in [-0.4, -0.2) is 17.9 Å². The molecular formula is C11H11Cl2N3S. The highest BCUT2D eigenvalue weighted by Crippen LogP contribution is 2.19. The largest absolute Gasteiger partial charge is 0.358 e. The molecule has 0 aliphatic heterocycles. The molecule has 1 aromatic carbocycles. The van der Waals surface area contributed by atoms with Crippen LogP contribution in [0.15, 0.2) is 36.0 Å². The van der Waals surface area contributed by atoms with Crippen LogP contribution in [0.25, 0.3) is 0 Å². The number of benzene rings is 1. The van der Waals surface area contributed by atoms with Gasteiger partial charge in [0.15, 0.2) is 5.11 Å². The average Bonchev–Trinajstić information content (AvgIpc) is 2.29. The van der Waals surface area contributed by atoms with E-state index < -0.39 is 0 Å². The lowest BCUT2D eigenvalue weighted by Gasteiger charge is -2.03. The monoisotopic (exact) mass is 287 g/mol. The summed E-state index contributed by atoms with van der Waals surface area (Å²) in [5.41, 5.74) is 3.42. The fourth-order valence-corrected chi connectivity index (χ4v) is 1.56. The van der Waals surface area contributed by atoms with Gasteiger partial charge in [-0.15, -0.1) is 6.58 Å². The van der Waals surface area contributed by atoms with Crippen LogP contribution in [0.2, 0.25) is 10.0 Å². The second-order valence-corrected chi connectivity index (χ2v) is 4.29. The summed E-state index contributed by atoms with van der Waals surface area (Å²) >= 11 is 16.7. The third-order valence-corrected chi connectivity index (χ3v) is 2.54. The van der Waals surface area contributed by atoms with Crippen molar-refractivity contribution in [3.8, 4) is 0 Å². The van der Waals surface area contributed by atoms with Crippen molar-refractivity contribution in [1.29, 1.82) is 0 Å². The van der Waals surface area contributed by atoms with Crippen LogP contribution in [0.3, 0.4) is 0 Å². The van der Waals surface area contributed by atoms with Gasteiger partial charge in [0.25, 0.3) is 0 Å². The maximum Gasteiger partial charge on any atom is 0.187 e. The topological polar surface area (TPSA) is 36.4 Å². The van der Waals surface area contributed by atoms with E-state index in [4.69, 9.17) is 35.4 Å². The van der Waals surface area contributed by atoms with Gasteiger partial charge in [-0.2, -0.15) is 5.10 Å². The van der Waals surface area contributed by atoms with Crippen molar-refractivity contribution in [1.82, 2.24) is 10.7 Å². The van der Waals surface area contributed by atoms with Gasteiger partial charge >= 0.3 is 0 Å². The van der Waals surface area contributed by atoms with E-state index in [1.807, 2.05) is 0 Å². The summed E-state index contributed by atoms with van der Waals surface area (Å²) in [4.78, 5) is 0. The van der Waals surface area contributed by atoms with Gasteiger partial charge < -0.3 is 5.32 Å². The smallest absolute Gasteiger partial charge is 0.187 e. The molecule has 2 N–H and O–H groups in total. The predicted molar refractivity (Wildman–Crippen MR) is 78.0 cm³/mol. The van der Waals surface area contributed by atoms with Crippen molar-refractivity contribution >= 4 is 46.7 Å². The highest BCUT2D eigenvalue weighted by molar-refractivity contribution is 7.80. The van der Waals surface area contributed by atoms with Crippen LogP contribution in [0, 0.1) is 0 Å². The minimum absolute atomic E-state index is 0.422. The normalized spacial score (nSPS) is 10.2. The number of hydrogen-bond acceptors (Lipinski definition) is 2. The molecule has 0 aromatic heterocycles. The number of thiocarbonyl (C=S) groups is 1. The Morgan fingerprint density at radius 2 is 2.24 bits per heavy atom. The van der Waals surface area contributed by atoms with Gasteiger partial charge in [-0.05, 0) is 24.4 Å². The van der Waals surface area contributed by atoms with Gasteiger partial charge in [0, 0.05) is 17.1 Å². The Balaban J connectivity index is 2.53. The Hall–Kier alpha value is -1.10. The summed E-state index contributed by atoms with van der Waals surface area (Å²) in [6.07, 6.45) is 3.27. The molecule has 90 valence electrons. The number of nitrogens with one attached hydrogen (secondary N) is 2. The van der Waals surface area contributed by atoms with Crippen LogP contribution in [0.5, 0.6) is 0 Å². The van der Waals surface area contributed by atoms with Crippen LogP contribution in [-0.2, 0) is 0 Å². The van der Waals surface area contributed by atoms with Crippen molar-refractivity contribution in [3.63, 3.8) is 0 Å². The molecule has 0 bridgehead atoms. The molecule has 0 aliphatic carbocycles. The molecule has 1 rings (SSSR count). The minimum Gasteiger partial charge on any atom is -0.358 e. The zero-order chi connectivity index (χ0) is 12.7. The summed E-state index contributed by atoms with van der Waals surface area (Å²) < 4.78 is 0. The summed E-state index contributed by atoms with van der Waals surface area (Å²) in [6, 6.07) is 5.16. The summed E-state index contributed by atoms with van der Waals surface area (Å²) in [5.74, 6) is 0. The summed E-state index contributed by atoms with van der Waals surface area (Å²) in [7, 11) is 0. The zero-order valence-corrected chi connectivity index (χ0v) is 11.2. The van der Waals surface area contributed by atoms with Gasteiger partial charge in [-0.1, -0.05) is 35.3 Å². The molecule has 0 fully saturated rings. The first-order chi connectivity index (χ1) is 8.13. The van der Waals surface area contributed by atoms with Crippen molar-refractivity contribution in [2.75, 3.05) is 6.54 Å². The molecule has 0 radical (unpaired) electrons. The van der Waals surface area contributed by atoms with Crippen molar-refractivity contribution in [3.05, 3.63) is 46.5 Å². The third-order valence-electron chi connectivity index (χ3n) is 1.74. The van der Waals surface area contributed by atoms with Crippen molar-refractivity contribution < 1.29 is 0 Å². The second kappa shape index (κ2) is 7.27. The van der Waals surface area contributed by atoms with Gasteiger partial charge in [0.1, 0.15) is 0 Å². The highest BCUT2D eigenvalue weighted by atomic mass is 35.5. The van der Waals surface area contributed by atoms with Gasteiger partial charge in [-0.3, -0.25) is 5.43 Å². The number of halogens is 2. The van der Waals surface area contributed by atoms with Crippen LogP contribution in [0.4, 0.5) is 0 Å². The molecule has 17 heavy (non-hydrogen) atoms. The Morgan fingerprint density at radius 3 is 2.88 bits per heavy atom. The summed E-state index contributed by atoms with van der Waals surface area (Å²) in [5, 5.41) is 8.37. The Bertz CT molecular complexity index is 446. The first-order valence-electron chi connectivity index (χ1n) is 4.76. The molecule has 0 spiro atoms. The molecule has 1 aromatic rings. The molecule has 0 heterocycles. The second-order valence-electron chi connectivity index (χ2n) is 3.03. The van der Waals surface area contributed by atoms with E-state index in [1.165, 1.54) is 0 Å². The minimum atomic E-state index is 0.422. The molecule has 0 atom stereocenters. The van der Waals surface area contributed by atoms with E-state index in [1.54, 1.807) is 30.5 Å². The third kappa shape index (κ3) is 5.17. The highest BCUT2D eigenvalue weighted by Gasteiger charge is 1.97. The fourth-order valence-electron chi connectivity index (χ4n) is 0.971. The van der Waals surface area contributed by atoms with Crippen molar-refractivity contribution in [2.45, 2.75) is 0 Å². The van der Waals surface area contributed by atoms with Crippen LogP contribution < -0.4 is 10.7 Å². The van der Waals surface area contributed by atoms with Gasteiger partial charge in [0.05, 0.1) is 11.2 Å². The Kier molecular flexibility index (Phi) is 5.97. The van der Waals surface area contributed by atoms with Crippen LogP contribution >= 0.6 is 35.4 Å². The first-order valence-corrected chi connectivity index (χ1v) is 5.92. The first kappa shape index (κ1) is 14.0. The molecule has 0 unspecified atom stereocenters. The molecule has 6 heteroatoms. The molecular weight excluding hydrogens is 277 g/mol. The average molecular weight is 288 g/mol. The SMILES string of the molecule is C=CCNC(=S)N/N=C/c1ccc(Cl)cc1Cl.